The lowest BCUT2D eigenvalue weighted by molar-refractivity contribution is -0.125. The van der Waals surface area contributed by atoms with Crippen molar-refractivity contribution >= 4 is 28.4 Å². The highest BCUT2D eigenvalue weighted by Gasteiger charge is 2.28. The van der Waals surface area contributed by atoms with E-state index in [-0.39, 0.29) is 11.9 Å². The van der Waals surface area contributed by atoms with E-state index < -0.39 is 0 Å². The lowest BCUT2D eigenvalue weighted by atomic mass is 10.1. The Kier molecular flexibility index (Phi) is 5.37. The third-order valence-corrected chi connectivity index (χ3v) is 5.97. The molecular weight excluding hydrogens is 424 g/mol. The predicted octanol–water partition coefficient (Wildman–Crippen LogP) is 5.50. The van der Waals surface area contributed by atoms with Gasteiger partial charge in [0.25, 0.3) is 0 Å². The van der Waals surface area contributed by atoms with Gasteiger partial charge in [0.05, 0.1) is 16.6 Å². The summed E-state index contributed by atoms with van der Waals surface area (Å²) in [5, 5.41) is 6.37. The van der Waals surface area contributed by atoms with Crippen LogP contribution in [-0.2, 0) is 4.79 Å². The fourth-order valence-electron chi connectivity index (χ4n) is 4.09. The number of carbonyl (C=O) groups excluding carboxylic acids is 1. The number of nitrogens with zero attached hydrogens (tertiary/aromatic N) is 4. The quantitative estimate of drug-likeness (QED) is 0.381. The van der Waals surface area contributed by atoms with Crippen LogP contribution in [0.3, 0.4) is 0 Å². The van der Waals surface area contributed by atoms with Gasteiger partial charge < -0.3 is 9.64 Å². The van der Waals surface area contributed by atoms with Gasteiger partial charge in [-0.05, 0) is 48.9 Å². The Morgan fingerprint density at radius 3 is 2.81 bits per heavy atom. The smallest absolute Gasteiger partial charge is 0.246 e. The number of ether oxygens (including phenoxy) is 1. The van der Waals surface area contributed by atoms with E-state index >= 15 is 0 Å². The average Bonchev–Trinajstić information content (AvgIpc) is 3.46. The Labute approximate surface area is 190 Å². The zero-order valence-electron chi connectivity index (χ0n) is 17.3. The number of amides is 1. The maximum atomic E-state index is 12.0. The minimum Gasteiger partial charge on any atom is -0.456 e. The van der Waals surface area contributed by atoms with Crippen molar-refractivity contribution < 1.29 is 9.53 Å². The minimum atomic E-state index is -0.0494. The van der Waals surface area contributed by atoms with Crippen LogP contribution in [0.15, 0.2) is 79.6 Å². The molecule has 2 aromatic carbocycles. The first-order chi connectivity index (χ1) is 15.6. The Hall–Kier alpha value is -3.64. The number of hydrogen-bond donors (Lipinski definition) is 0. The summed E-state index contributed by atoms with van der Waals surface area (Å²) in [6.07, 6.45) is 5.77. The molecule has 1 aliphatic rings. The summed E-state index contributed by atoms with van der Waals surface area (Å²) in [7, 11) is 0. The number of para-hydroxylation sites is 1. The number of aromatic nitrogens is 3. The van der Waals surface area contributed by atoms with Gasteiger partial charge in [0.15, 0.2) is 0 Å². The molecule has 6 nitrogen and oxygen atoms in total. The number of hydrogen-bond acceptors (Lipinski definition) is 4. The highest BCUT2D eigenvalue weighted by atomic mass is 35.5. The van der Waals surface area contributed by atoms with E-state index in [0.717, 1.165) is 34.3 Å². The van der Waals surface area contributed by atoms with Gasteiger partial charge >= 0.3 is 0 Å². The molecule has 4 aromatic rings. The molecule has 7 heteroatoms. The van der Waals surface area contributed by atoms with Gasteiger partial charge in [0.2, 0.25) is 5.91 Å². The molecule has 0 aliphatic carbocycles. The van der Waals surface area contributed by atoms with Crippen molar-refractivity contribution in [3.05, 3.63) is 84.7 Å². The number of benzene rings is 2. The number of pyridine rings is 1. The highest BCUT2D eigenvalue weighted by molar-refractivity contribution is 6.32. The predicted molar refractivity (Wildman–Crippen MR) is 125 cm³/mol. The summed E-state index contributed by atoms with van der Waals surface area (Å²) in [6, 6.07) is 17.2. The van der Waals surface area contributed by atoms with Crippen LogP contribution in [-0.4, -0.2) is 38.7 Å². The van der Waals surface area contributed by atoms with Gasteiger partial charge in [-0.1, -0.05) is 36.4 Å². The molecule has 3 heterocycles. The fourth-order valence-corrected chi connectivity index (χ4v) is 4.31. The van der Waals surface area contributed by atoms with E-state index in [1.165, 1.54) is 6.08 Å². The van der Waals surface area contributed by atoms with Crippen molar-refractivity contribution in [3.63, 3.8) is 0 Å². The average molecular weight is 445 g/mol. The van der Waals surface area contributed by atoms with Crippen LogP contribution < -0.4 is 4.74 Å². The first-order valence-corrected chi connectivity index (χ1v) is 10.8. The third kappa shape index (κ3) is 3.74. The summed E-state index contributed by atoms with van der Waals surface area (Å²) in [4.78, 5) is 18.1. The van der Waals surface area contributed by atoms with Crippen LogP contribution >= 0.6 is 11.6 Å². The third-order valence-electron chi connectivity index (χ3n) is 5.68. The molecule has 5 rings (SSSR count). The number of likely N-dealkylation sites (tertiary alicyclic amines) is 1. The molecule has 0 radical (unpaired) electrons. The molecule has 0 saturated carbocycles. The molecule has 1 aliphatic heterocycles. The van der Waals surface area contributed by atoms with Crippen molar-refractivity contribution in [1.82, 2.24) is 19.7 Å². The molecule has 0 spiro atoms. The van der Waals surface area contributed by atoms with E-state index in [2.05, 4.69) is 11.6 Å². The molecule has 2 aromatic heterocycles. The molecule has 160 valence electrons. The summed E-state index contributed by atoms with van der Waals surface area (Å²) in [5.74, 6) is 1.26. The number of fused-ring (bicyclic) bond motifs is 1. The second kappa shape index (κ2) is 8.48. The SMILES string of the molecule is C=CC(=O)N1CC[C@@H](n2nc(-c3ccc(Oc4ccccc4)c(Cl)c3)c3cnccc32)C1. The molecule has 0 N–H and O–H groups in total. The van der Waals surface area contributed by atoms with Crippen molar-refractivity contribution in [2.75, 3.05) is 13.1 Å². The van der Waals surface area contributed by atoms with E-state index in [1.54, 1.807) is 11.1 Å². The van der Waals surface area contributed by atoms with Crippen molar-refractivity contribution in [2.45, 2.75) is 12.5 Å². The molecule has 1 fully saturated rings. The Morgan fingerprint density at radius 2 is 2.03 bits per heavy atom. The summed E-state index contributed by atoms with van der Waals surface area (Å²) >= 11 is 6.56. The van der Waals surface area contributed by atoms with Crippen LogP contribution in [0.25, 0.3) is 22.2 Å². The first kappa shape index (κ1) is 20.3. The first-order valence-electron chi connectivity index (χ1n) is 10.4. The molecule has 0 unspecified atom stereocenters. The summed E-state index contributed by atoms with van der Waals surface area (Å²) in [5.41, 5.74) is 2.66. The monoisotopic (exact) mass is 444 g/mol. The second-order valence-electron chi connectivity index (χ2n) is 7.68. The molecule has 32 heavy (non-hydrogen) atoms. The molecule has 1 amide bonds. The normalized spacial score (nSPS) is 15.8. The second-order valence-corrected chi connectivity index (χ2v) is 8.08. The number of rotatable bonds is 5. The molecule has 1 saturated heterocycles. The largest absolute Gasteiger partial charge is 0.456 e. The van der Waals surface area contributed by atoms with E-state index in [9.17, 15) is 4.79 Å². The number of carbonyl (C=O) groups is 1. The Bertz CT molecular complexity index is 1300. The van der Waals surface area contributed by atoms with Crippen LogP contribution in [0.2, 0.25) is 5.02 Å². The highest BCUT2D eigenvalue weighted by Crippen LogP contribution is 2.36. The number of halogens is 1. The topological polar surface area (TPSA) is 60.2 Å². The maximum Gasteiger partial charge on any atom is 0.246 e. The van der Waals surface area contributed by atoms with Crippen molar-refractivity contribution in [3.8, 4) is 22.8 Å². The van der Waals surface area contributed by atoms with E-state index in [0.29, 0.717) is 23.9 Å². The van der Waals surface area contributed by atoms with Gasteiger partial charge in [0, 0.05) is 36.4 Å². The van der Waals surface area contributed by atoms with E-state index in [4.69, 9.17) is 21.4 Å². The van der Waals surface area contributed by atoms with Gasteiger partial charge in [-0.3, -0.25) is 14.5 Å². The van der Waals surface area contributed by atoms with Crippen LogP contribution in [0.5, 0.6) is 11.5 Å². The maximum absolute atomic E-state index is 12.0. The molecule has 1 atom stereocenters. The van der Waals surface area contributed by atoms with Gasteiger partial charge in [-0.2, -0.15) is 5.10 Å². The van der Waals surface area contributed by atoms with Gasteiger partial charge in [-0.15, -0.1) is 0 Å². The van der Waals surface area contributed by atoms with Crippen molar-refractivity contribution in [1.29, 1.82) is 0 Å². The van der Waals surface area contributed by atoms with E-state index in [1.807, 2.05) is 65.5 Å². The van der Waals surface area contributed by atoms with Gasteiger partial charge in [-0.25, -0.2) is 0 Å². The fraction of sp³-hybridized carbons (Fsp3) is 0.160. The minimum absolute atomic E-state index is 0.0494. The molecule has 0 bridgehead atoms. The summed E-state index contributed by atoms with van der Waals surface area (Å²) in [6.45, 7) is 4.89. The lowest BCUT2D eigenvalue weighted by Crippen LogP contribution is -2.27. The molecular formula is C25H21ClN4O2. The summed E-state index contributed by atoms with van der Waals surface area (Å²) < 4.78 is 7.91. The lowest BCUT2D eigenvalue weighted by Gasteiger charge is -2.15. The zero-order valence-corrected chi connectivity index (χ0v) is 18.1. The van der Waals surface area contributed by atoms with Gasteiger partial charge in [0.1, 0.15) is 17.2 Å². The van der Waals surface area contributed by atoms with Crippen LogP contribution in [0.1, 0.15) is 12.5 Å². The standard InChI is InChI=1S/C25H21ClN4O2/c1-2-24(31)29-13-11-18(16-29)30-22-10-12-27-15-20(22)25(28-30)17-8-9-23(21(26)14-17)32-19-6-4-3-5-7-19/h2-10,12,14-15,18H,1,11,13,16H2/t18-/m1/s1. The van der Waals surface area contributed by atoms with Crippen molar-refractivity contribution in [2.24, 2.45) is 0 Å². The zero-order chi connectivity index (χ0) is 22.1. The Morgan fingerprint density at radius 1 is 1.19 bits per heavy atom. The Balaban J connectivity index is 1.49. The van der Waals surface area contributed by atoms with Crippen LogP contribution in [0, 0.1) is 0 Å². The van der Waals surface area contributed by atoms with Crippen LogP contribution in [0.4, 0.5) is 0 Å².